The lowest BCUT2D eigenvalue weighted by Crippen LogP contribution is -2.34. The van der Waals surface area contributed by atoms with Crippen LogP contribution < -0.4 is 16.4 Å². The lowest BCUT2D eigenvalue weighted by molar-refractivity contribution is -0.120. The van der Waals surface area contributed by atoms with Crippen molar-refractivity contribution in [3.05, 3.63) is 24.5 Å². The van der Waals surface area contributed by atoms with Crippen molar-refractivity contribution in [1.82, 2.24) is 15.0 Å². The van der Waals surface area contributed by atoms with E-state index in [9.17, 15) is 4.79 Å². The second-order valence-corrected chi connectivity index (χ2v) is 7.14. The molecule has 1 aliphatic rings. The molecule has 1 unspecified atom stereocenters. The van der Waals surface area contributed by atoms with E-state index in [0.717, 1.165) is 30.3 Å². The van der Waals surface area contributed by atoms with Gasteiger partial charge in [0, 0.05) is 29.6 Å². The number of carbonyl (C=O) groups is 1. The first kappa shape index (κ1) is 18.3. The summed E-state index contributed by atoms with van der Waals surface area (Å²) in [5, 5.41) is 6.98. The van der Waals surface area contributed by atoms with E-state index < -0.39 is 0 Å². The molecule has 2 atom stereocenters. The number of amides is 1. The summed E-state index contributed by atoms with van der Waals surface area (Å²) in [5.74, 6) is 0.813. The summed E-state index contributed by atoms with van der Waals surface area (Å²) in [5.41, 5.74) is 7.41. The number of hydrogen-bond acceptors (Lipinski definition) is 6. The van der Waals surface area contributed by atoms with E-state index in [1.807, 2.05) is 19.9 Å². The standard InChI is InChI=1S/C19H26N6O/c1-4-15-9-13-10-21-19(24-16(13)17(23-15)22-11(2)3)25-18(26)12-6-5-7-14(20)8-12/h4,9-12,14H,1,5-8,20H2,2-3H3,(H,22,23)(H,21,24,25,26)/t12?,14-/m1/s1. The first-order valence-corrected chi connectivity index (χ1v) is 9.09. The maximum absolute atomic E-state index is 12.5. The van der Waals surface area contributed by atoms with Crippen LogP contribution in [-0.4, -0.2) is 32.9 Å². The first-order chi connectivity index (χ1) is 12.5. The summed E-state index contributed by atoms with van der Waals surface area (Å²) < 4.78 is 0. The van der Waals surface area contributed by atoms with Gasteiger partial charge in [-0.15, -0.1) is 0 Å². The van der Waals surface area contributed by atoms with Crippen LogP contribution in [0.4, 0.5) is 11.8 Å². The van der Waals surface area contributed by atoms with E-state index in [-0.39, 0.29) is 23.9 Å². The number of rotatable bonds is 5. The van der Waals surface area contributed by atoms with Crippen molar-refractivity contribution in [3.63, 3.8) is 0 Å². The molecule has 1 fully saturated rings. The molecule has 1 amide bonds. The Hall–Kier alpha value is -2.54. The molecule has 7 heteroatoms. The Bertz CT molecular complexity index is 819. The van der Waals surface area contributed by atoms with Crippen molar-refractivity contribution in [1.29, 1.82) is 0 Å². The van der Waals surface area contributed by atoms with E-state index in [0.29, 0.717) is 23.7 Å². The number of carbonyl (C=O) groups excluding carboxylic acids is 1. The van der Waals surface area contributed by atoms with Crippen LogP contribution in [0.15, 0.2) is 18.8 Å². The van der Waals surface area contributed by atoms with Gasteiger partial charge in [0.1, 0.15) is 5.52 Å². The maximum atomic E-state index is 12.5. The summed E-state index contributed by atoms with van der Waals surface area (Å²) in [7, 11) is 0. The number of nitrogens with one attached hydrogen (secondary N) is 2. The molecule has 0 bridgehead atoms. The fourth-order valence-electron chi connectivity index (χ4n) is 3.28. The van der Waals surface area contributed by atoms with E-state index in [4.69, 9.17) is 5.73 Å². The predicted octanol–water partition coefficient (Wildman–Crippen LogP) is 2.94. The van der Waals surface area contributed by atoms with Crippen molar-refractivity contribution in [2.45, 2.75) is 51.6 Å². The zero-order chi connectivity index (χ0) is 18.7. The Labute approximate surface area is 153 Å². The average molecular weight is 354 g/mol. The fourth-order valence-corrected chi connectivity index (χ4v) is 3.28. The van der Waals surface area contributed by atoms with Crippen molar-refractivity contribution in [2.75, 3.05) is 10.6 Å². The van der Waals surface area contributed by atoms with Crippen LogP contribution in [0, 0.1) is 5.92 Å². The minimum Gasteiger partial charge on any atom is -0.366 e. The molecular weight excluding hydrogens is 328 g/mol. The van der Waals surface area contributed by atoms with Crippen LogP contribution in [0.1, 0.15) is 45.2 Å². The summed E-state index contributed by atoms with van der Waals surface area (Å²) in [6, 6.07) is 2.17. The topological polar surface area (TPSA) is 106 Å². The van der Waals surface area contributed by atoms with Gasteiger partial charge in [-0.05, 0) is 45.3 Å². The average Bonchev–Trinajstić information content (AvgIpc) is 2.61. The molecule has 7 nitrogen and oxygen atoms in total. The number of aromatic nitrogens is 3. The maximum Gasteiger partial charge on any atom is 0.230 e. The summed E-state index contributed by atoms with van der Waals surface area (Å²) in [6.45, 7) is 7.84. The third kappa shape index (κ3) is 4.16. The number of hydrogen-bond donors (Lipinski definition) is 3. The highest BCUT2D eigenvalue weighted by atomic mass is 16.2. The molecule has 2 heterocycles. The predicted molar refractivity (Wildman–Crippen MR) is 105 cm³/mol. The van der Waals surface area contributed by atoms with Gasteiger partial charge in [-0.1, -0.05) is 13.0 Å². The van der Waals surface area contributed by atoms with Gasteiger partial charge in [0.05, 0.1) is 5.69 Å². The molecule has 2 aromatic rings. The molecule has 3 rings (SSSR count). The van der Waals surface area contributed by atoms with Crippen LogP contribution in [0.2, 0.25) is 0 Å². The minimum atomic E-state index is -0.0763. The summed E-state index contributed by atoms with van der Waals surface area (Å²) in [4.78, 5) is 25.9. The first-order valence-electron chi connectivity index (χ1n) is 9.09. The van der Waals surface area contributed by atoms with Crippen LogP contribution >= 0.6 is 0 Å². The van der Waals surface area contributed by atoms with Gasteiger partial charge >= 0.3 is 0 Å². The molecule has 0 radical (unpaired) electrons. The highest BCUT2D eigenvalue weighted by Gasteiger charge is 2.26. The molecule has 4 N–H and O–H groups in total. The summed E-state index contributed by atoms with van der Waals surface area (Å²) in [6.07, 6.45) is 6.92. The van der Waals surface area contributed by atoms with Gasteiger partial charge in [-0.25, -0.2) is 15.0 Å². The highest BCUT2D eigenvalue weighted by Crippen LogP contribution is 2.25. The normalized spacial score (nSPS) is 20.2. The Kier molecular flexibility index (Phi) is 5.46. The molecular formula is C19H26N6O. The molecule has 0 spiro atoms. The van der Waals surface area contributed by atoms with Crippen LogP contribution in [0.5, 0.6) is 0 Å². The minimum absolute atomic E-state index is 0.0615. The molecule has 0 aromatic carbocycles. The van der Waals surface area contributed by atoms with Crippen molar-refractivity contribution >= 4 is 34.7 Å². The Balaban J connectivity index is 1.87. The third-order valence-corrected chi connectivity index (χ3v) is 4.54. The van der Waals surface area contributed by atoms with E-state index in [1.54, 1.807) is 12.3 Å². The SMILES string of the molecule is C=Cc1cc2cnc(NC(=O)C3CCC[C@@H](N)C3)nc2c(NC(C)C)n1. The highest BCUT2D eigenvalue weighted by molar-refractivity contribution is 5.94. The van der Waals surface area contributed by atoms with Crippen LogP contribution in [0.25, 0.3) is 17.0 Å². The van der Waals surface area contributed by atoms with Gasteiger partial charge in [-0.3, -0.25) is 10.1 Å². The van der Waals surface area contributed by atoms with Crippen molar-refractivity contribution in [2.24, 2.45) is 11.7 Å². The van der Waals surface area contributed by atoms with Gasteiger partial charge < -0.3 is 11.1 Å². The van der Waals surface area contributed by atoms with Gasteiger partial charge in [0.25, 0.3) is 0 Å². The largest absolute Gasteiger partial charge is 0.366 e. The molecule has 1 saturated carbocycles. The zero-order valence-electron chi connectivity index (χ0n) is 15.3. The number of pyridine rings is 1. The lowest BCUT2D eigenvalue weighted by atomic mass is 9.85. The number of nitrogens with zero attached hydrogens (tertiary/aromatic N) is 3. The van der Waals surface area contributed by atoms with Crippen LogP contribution in [-0.2, 0) is 4.79 Å². The Morgan fingerprint density at radius 2 is 2.19 bits per heavy atom. The summed E-state index contributed by atoms with van der Waals surface area (Å²) >= 11 is 0. The second-order valence-electron chi connectivity index (χ2n) is 7.14. The van der Waals surface area contributed by atoms with Crippen molar-refractivity contribution < 1.29 is 4.79 Å². The van der Waals surface area contributed by atoms with Gasteiger partial charge in [0.15, 0.2) is 5.82 Å². The number of fused-ring (bicyclic) bond motifs is 1. The van der Waals surface area contributed by atoms with E-state index in [1.165, 1.54) is 0 Å². The lowest BCUT2D eigenvalue weighted by Gasteiger charge is -2.25. The van der Waals surface area contributed by atoms with Crippen LogP contribution in [0.3, 0.4) is 0 Å². The Morgan fingerprint density at radius 3 is 2.88 bits per heavy atom. The number of nitrogens with two attached hydrogens (primary N) is 1. The molecule has 2 aromatic heterocycles. The molecule has 1 aliphatic carbocycles. The van der Waals surface area contributed by atoms with Gasteiger partial charge in [0.2, 0.25) is 11.9 Å². The number of anilines is 2. The third-order valence-electron chi connectivity index (χ3n) is 4.54. The van der Waals surface area contributed by atoms with Crippen molar-refractivity contribution in [3.8, 4) is 0 Å². The smallest absolute Gasteiger partial charge is 0.230 e. The molecule has 0 aliphatic heterocycles. The Morgan fingerprint density at radius 1 is 1.38 bits per heavy atom. The van der Waals surface area contributed by atoms with E-state index >= 15 is 0 Å². The molecule has 0 saturated heterocycles. The van der Waals surface area contributed by atoms with E-state index in [2.05, 4.69) is 32.2 Å². The molecule has 138 valence electrons. The molecule has 26 heavy (non-hydrogen) atoms. The monoisotopic (exact) mass is 354 g/mol. The second kappa shape index (κ2) is 7.78. The zero-order valence-corrected chi connectivity index (χ0v) is 15.3. The van der Waals surface area contributed by atoms with Gasteiger partial charge in [-0.2, -0.15) is 0 Å². The quantitative estimate of drug-likeness (QED) is 0.762. The fraction of sp³-hybridized carbons (Fsp3) is 0.474.